The molecule has 0 saturated heterocycles. The zero-order valence-electron chi connectivity index (χ0n) is 7.57. The Morgan fingerprint density at radius 1 is 1.36 bits per heavy atom. The number of halogens is 1. The lowest BCUT2D eigenvalue weighted by atomic mass is 10.4. The third-order valence-electron chi connectivity index (χ3n) is 1.56. The first kappa shape index (κ1) is 11.3. The topological polar surface area (TPSA) is 29.4 Å². The zero-order valence-corrected chi connectivity index (χ0v) is 9.14. The largest absolute Gasteiger partial charge is 0.234 e. The Kier molecular flexibility index (Phi) is 5.38. The first-order valence-electron chi connectivity index (χ1n) is 4.25. The van der Waals surface area contributed by atoms with E-state index < -0.39 is 0 Å². The number of hydrogen-bond donors (Lipinski definition) is 0. The monoisotopic (exact) mass is 227 g/mol. The van der Waals surface area contributed by atoms with E-state index in [1.54, 1.807) is 11.8 Å². The number of rotatable bonds is 5. The van der Waals surface area contributed by atoms with Crippen molar-refractivity contribution < 1.29 is 4.79 Å². The molecular weight excluding hydrogens is 218 g/mol. The first-order valence-corrected chi connectivity index (χ1v) is 5.61. The molecule has 2 nitrogen and oxygen atoms in total. The third-order valence-corrected chi connectivity index (χ3v) is 2.91. The van der Waals surface area contributed by atoms with Crippen LogP contribution in [-0.4, -0.2) is 18.4 Å². The summed E-state index contributed by atoms with van der Waals surface area (Å²) >= 11 is 7.48. The van der Waals surface area contributed by atoms with Crippen molar-refractivity contribution in [3.05, 3.63) is 29.3 Å². The Balaban J connectivity index is 2.24. The van der Waals surface area contributed by atoms with Gasteiger partial charge in [0.2, 0.25) is 6.08 Å². The van der Waals surface area contributed by atoms with E-state index in [9.17, 15) is 4.79 Å². The van der Waals surface area contributed by atoms with Crippen LogP contribution >= 0.6 is 23.4 Å². The second kappa shape index (κ2) is 6.66. The number of hydrogen-bond acceptors (Lipinski definition) is 3. The van der Waals surface area contributed by atoms with Crippen LogP contribution in [0.5, 0.6) is 0 Å². The maximum Gasteiger partial charge on any atom is 0.234 e. The van der Waals surface area contributed by atoms with Gasteiger partial charge in [0, 0.05) is 9.92 Å². The molecule has 4 heteroatoms. The van der Waals surface area contributed by atoms with Gasteiger partial charge in [-0.25, -0.2) is 9.79 Å². The van der Waals surface area contributed by atoms with E-state index in [-0.39, 0.29) is 0 Å². The van der Waals surface area contributed by atoms with Crippen molar-refractivity contribution in [1.82, 2.24) is 0 Å². The predicted octanol–water partition coefficient (Wildman–Crippen LogP) is 3.16. The lowest BCUT2D eigenvalue weighted by Crippen LogP contribution is -1.84. The Bertz CT molecular complexity index is 319. The third kappa shape index (κ3) is 4.47. The molecule has 0 bridgehead atoms. The molecule has 0 aromatic heterocycles. The van der Waals surface area contributed by atoms with Gasteiger partial charge in [0.05, 0.1) is 6.54 Å². The highest BCUT2D eigenvalue weighted by atomic mass is 35.5. The van der Waals surface area contributed by atoms with Gasteiger partial charge in [-0.05, 0) is 36.4 Å². The number of thioether (sulfide) groups is 1. The lowest BCUT2D eigenvalue weighted by molar-refractivity contribution is 0.562. The number of aliphatic imine (C=N–C) groups is 1. The van der Waals surface area contributed by atoms with Gasteiger partial charge in [-0.1, -0.05) is 11.6 Å². The van der Waals surface area contributed by atoms with Crippen molar-refractivity contribution in [3.8, 4) is 0 Å². The summed E-state index contributed by atoms with van der Waals surface area (Å²) < 4.78 is 0. The molecule has 1 aromatic carbocycles. The van der Waals surface area contributed by atoms with Gasteiger partial charge in [-0.3, -0.25) is 0 Å². The van der Waals surface area contributed by atoms with Crippen LogP contribution in [0.25, 0.3) is 0 Å². The highest BCUT2D eigenvalue weighted by Gasteiger charge is 1.93. The van der Waals surface area contributed by atoms with Crippen LogP contribution < -0.4 is 0 Å². The Morgan fingerprint density at radius 3 is 2.71 bits per heavy atom. The Hall–Kier alpha value is -0.760. The summed E-state index contributed by atoms with van der Waals surface area (Å²) in [7, 11) is 0. The smallest absolute Gasteiger partial charge is 0.211 e. The number of isocyanates is 1. The Morgan fingerprint density at radius 2 is 2.07 bits per heavy atom. The molecule has 0 radical (unpaired) electrons. The van der Waals surface area contributed by atoms with Crippen LogP contribution in [0.4, 0.5) is 0 Å². The van der Waals surface area contributed by atoms with Crippen molar-refractivity contribution in [3.63, 3.8) is 0 Å². The minimum atomic E-state index is 0.560. The fraction of sp³-hybridized carbons (Fsp3) is 0.300. The van der Waals surface area contributed by atoms with Crippen molar-refractivity contribution >= 4 is 29.4 Å². The molecule has 0 aliphatic carbocycles. The minimum Gasteiger partial charge on any atom is -0.211 e. The quantitative estimate of drug-likeness (QED) is 0.335. The van der Waals surface area contributed by atoms with E-state index in [0.29, 0.717) is 6.54 Å². The molecule has 1 rings (SSSR count). The average molecular weight is 228 g/mol. The number of carbonyl (C=O) groups excluding carboxylic acids is 1. The maximum absolute atomic E-state index is 9.76. The van der Waals surface area contributed by atoms with Crippen molar-refractivity contribution in [2.75, 3.05) is 12.3 Å². The molecule has 14 heavy (non-hydrogen) atoms. The fourth-order valence-corrected chi connectivity index (χ4v) is 1.87. The minimum absolute atomic E-state index is 0.560. The second-order valence-electron chi connectivity index (χ2n) is 2.63. The van der Waals surface area contributed by atoms with Gasteiger partial charge >= 0.3 is 0 Å². The summed E-state index contributed by atoms with van der Waals surface area (Å²) in [6, 6.07) is 7.70. The van der Waals surface area contributed by atoms with Crippen LogP contribution in [0, 0.1) is 0 Å². The average Bonchev–Trinajstić information content (AvgIpc) is 2.21. The molecule has 1 aromatic rings. The standard InChI is InChI=1S/C10H10ClNOS/c11-9-2-4-10(5-3-9)14-7-1-6-12-8-13/h2-5H,1,6-7H2. The van der Waals surface area contributed by atoms with Crippen LogP contribution in [0.1, 0.15) is 6.42 Å². The van der Waals surface area contributed by atoms with Crippen molar-refractivity contribution in [2.45, 2.75) is 11.3 Å². The highest BCUT2D eigenvalue weighted by Crippen LogP contribution is 2.20. The Labute approximate surface area is 92.4 Å². The predicted molar refractivity (Wildman–Crippen MR) is 59.8 cm³/mol. The highest BCUT2D eigenvalue weighted by molar-refractivity contribution is 7.99. The van der Waals surface area contributed by atoms with Crippen LogP contribution in [0.3, 0.4) is 0 Å². The second-order valence-corrected chi connectivity index (χ2v) is 4.23. The normalized spacial score (nSPS) is 9.50. The van der Waals surface area contributed by atoms with E-state index in [1.807, 2.05) is 24.3 Å². The van der Waals surface area contributed by atoms with Gasteiger partial charge in [0.1, 0.15) is 0 Å². The summed E-state index contributed by atoms with van der Waals surface area (Å²) in [6.07, 6.45) is 2.41. The molecule has 0 atom stereocenters. The summed E-state index contributed by atoms with van der Waals surface area (Å²) in [4.78, 5) is 14.4. The van der Waals surface area contributed by atoms with Crippen LogP contribution in [0.2, 0.25) is 5.02 Å². The summed E-state index contributed by atoms with van der Waals surface area (Å²) in [5, 5.41) is 0.750. The van der Waals surface area contributed by atoms with Crippen LogP contribution in [-0.2, 0) is 4.79 Å². The molecule has 0 aliphatic rings. The van der Waals surface area contributed by atoms with Crippen molar-refractivity contribution in [2.24, 2.45) is 4.99 Å². The number of benzene rings is 1. The van der Waals surface area contributed by atoms with Gasteiger partial charge in [-0.2, -0.15) is 0 Å². The molecule has 0 saturated carbocycles. The molecule has 0 aliphatic heterocycles. The summed E-state index contributed by atoms with van der Waals surface area (Å²) in [5.41, 5.74) is 0. The van der Waals surface area contributed by atoms with Gasteiger partial charge < -0.3 is 0 Å². The number of nitrogens with zero attached hydrogens (tertiary/aromatic N) is 1. The van der Waals surface area contributed by atoms with Crippen LogP contribution in [0.15, 0.2) is 34.2 Å². The van der Waals surface area contributed by atoms with E-state index in [4.69, 9.17) is 11.6 Å². The van der Waals surface area contributed by atoms with E-state index in [0.717, 1.165) is 17.2 Å². The molecule has 0 unspecified atom stereocenters. The van der Waals surface area contributed by atoms with E-state index in [2.05, 4.69) is 4.99 Å². The van der Waals surface area contributed by atoms with Gasteiger partial charge in [0.15, 0.2) is 0 Å². The van der Waals surface area contributed by atoms with E-state index in [1.165, 1.54) is 11.0 Å². The fourth-order valence-electron chi connectivity index (χ4n) is 0.910. The van der Waals surface area contributed by atoms with Crippen molar-refractivity contribution in [1.29, 1.82) is 0 Å². The van der Waals surface area contributed by atoms with Gasteiger partial charge in [0.25, 0.3) is 0 Å². The molecule has 0 heterocycles. The lowest BCUT2D eigenvalue weighted by Gasteiger charge is -1.99. The molecule has 0 amide bonds. The zero-order chi connectivity index (χ0) is 10.2. The summed E-state index contributed by atoms with van der Waals surface area (Å²) in [6.45, 7) is 0.560. The maximum atomic E-state index is 9.76. The summed E-state index contributed by atoms with van der Waals surface area (Å²) in [5.74, 6) is 0.951. The molecule has 0 N–H and O–H groups in total. The van der Waals surface area contributed by atoms with E-state index >= 15 is 0 Å². The SMILES string of the molecule is O=C=NCCCSc1ccc(Cl)cc1. The molecule has 0 spiro atoms. The molecule has 74 valence electrons. The first-order chi connectivity index (χ1) is 6.83. The molecular formula is C10H10ClNOS. The molecule has 0 fully saturated rings. The van der Waals surface area contributed by atoms with Gasteiger partial charge in [-0.15, -0.1) is 11.8 Å².